The molecule has 0 amide bonds. The van der Waals surface area contributed by atoms with Crippen LogP contribution in [-0.4, -0.2) is 13.7 Å². The van der Waals surface area contributed by atoms with Crippen LogP contribution in [0.2, 0.25) is 0 Å². The van der Waals surface area contributed by atoms with E-state index in [0.717, 1.165) is 24.8 Å². The molecular weight excluding hydrogens is 229 g/mol. The van der Waals surface area contributed by atoms with E-state index in [0.29, 0.717) is 18.2 Å². The SMILES string of the molecule is COc1ccc(CC2(CN)CCC(C)C2)c(F)c1. The summed E-state index contributed by atoms with van der Waals surface area (Å²) in [6.07, 6.45) is 4.16. The van der Waals surface area contributed by atoms with Gasteiger partial charge in [0.1, 0.15) is 11.6 Å². The summed E-state index contributed by atoms with van der Waals surface area (Å²) in [5, 5.41) is 0. The van der Waals surface area contributed by atoms with Gasteiger partial charge in [0.25, 0.3) is 0 Å². The second-order valence-corrected chi connectivity index (χ2v) is 5.69. The van der Waals surface area contributed by atoms with Crippen molar-refractivity contribution in [2.45, 2.75) is 32.6 Å². The highest BCUT2D eigenvalue weighted by atomic mass is 19.1. The van der Waals surface area contributed by atoms with Crippen LogP contribution in [0.4, 0.5) is 4.39 Å². The fourth-order valence-corrected chi connectivity index (χ4v) is 3.12. The Hall–Kier alpha value is -1.09. The Kier molecular flexibility index (Phi) is 3.91. The lowest BCUT2D eigenvalue weighted by atomic mass is 9.79. The third-order valence-corrected chi connectivity index (χ3v) is 4.21. The number of hydrogen-bond acceptors (Lipinski definition) is 2. The van der Waals surface area contributed by atoms with Gasteiger partial charge in [-0.1, -0.05) is 19.4 Å². The second kappa shape index (κ2) is 5.27. The predicted molar refractivity (Wildman–Crippen MR) is 71.2 cm³/mol. The molecule has 1 aliphatic carbocycles. The highest BCUT2D eigenvalue weighted by Gasteiger charge is 2.36. The summed E-state index contributed by atoms with van der Waals surface area (Å²) < 4.78 is 19.0. The molecule has 0 heterocycles. The normalized spacial score (nSPS) is 27.4. The lowest BCUT2D eigenvalue weighted by Crippen LogP contribution is -2.30. The van der Waals surface area contributed by atoms with E-state index in [1.54, 1.807) is 7.11 Å². The van der Waals surface area contributed by atoms with E-state index in [1.165, 1.54) is 12.5 Å². The molecule has 2 unspecified atom stereocenters. The average molecular weight is 251 g/mol. The molecule has 1 fully saturated rings. The van der Waals surface area contributed by atoms with Crippen molar-refractivity contribution in [1.29, 1.82) is 0 Å². The number of hydrogen-bond donors (Lipinski definition) is 1. The van der Waals surface area contributed by atoms with Crippen LogP contribution in [-0.2, 0) is 6.42 Å². The molecule has 0 bridgehead atoms. The third kappa shape index (κ3) is 2.66. The number of benzene rings is 1. The predicted octanol–water partition coefficient (Wildman–Crippen LogP) is 3.14. The Labute approximate surface area is 108 Å². The van der Waals surface area contributed by atoms with Gasteiger partial charge in [-0.3, -0.25) is 0 Å². The lowest BCUT2D eigenvalue weighted by molar-refractivity contribution is 0.291. The molecule has 1 aromatic rings. The molecule has 0 saturated heterocycles. The minimum atomic E-state index is -0.179. The largest absolute Gasteiger partial charge is 0.497 e. The molecule has 0 spiro atoms. The first-order chi connectivity index (χ1) is 8.58. The van der Waals surface area contributed by atoms with Crippen LogP contribution in [0.5, 0.6) is 5.75 Å². The molecule has 2 rings (SSSR count). The fraction of sp³-hybridized carbons (Fsp3) is 0.600. The zero-order valence-corrected chi connectivity index (χ0v) is 11.2. The van der Waals surface area contributed by atoms with Gasteiger partial charge in [-0.05, 0) is 48.8 Å². The molecular formula is C15H22FNO. The summed E-state index contributed by atoms with van der Waals surface area (Å²) in [5.41, 5.74) is 6.79. The zero-order valence-electron chi connectivity index (χ0n) is 11.2. The first-order valence-corrected chi connectivity index (χ1v) is 6.61. The van der Waals surface area contributed by atoms with Crippen molar-refractivity contribution >= 4 is 0 Å². The van der Waals surface area contributed by atoms with Crippen molar-refractivity contribution in [2.75, 3.05) is 13.7 Å². The summed E-state index contributed by atoms with van der Waals surface area (Å²) in [7, 11) is 1.55. The maximum Gasteiger partial charge on any atom is 0.130 e. The van der Waals surface area contributed by atoms with E-state index in [4.69, 9.17) is 10.5 Å². The molecule has 0 radical (unpaired) electrons. The Balaban J connectivity index is 2.17. The minimum absolute atomic E-state index is 0.0921. The van der Waals surface area contributed by atoms with Crippen LogP contribution in [0, 0.1) is 17.2 Å². The van der Waals surface area contributed by atoms with E-state index < -0.39 is 0 Å². The summed E-state index contributed by atoms with van der Waals surface area (Å²) >= 11 is 0. The Bertz CT molecular complexity index is 421. The third-order valence-electron chi connectivity index (χ3n) is 4.21. The molecule has 2 atom stereocenters. The molecule has 2 N–H and O–H groups in total. The van der Waals surface area contributed by atoms with Crippen molar-refractivity contribution in [1.82, 2.24) is 0 Å². The molecule has 1 aromatic carbocycles. The number of halogens is 1. The average Bonchev–Trinajstić information content (AvgIpc) is 2.74. The van der Waals surface area contributed by atoms with Gasteiger partial charge >= 0.3 is 0 Å². The number of ether oxygens (including phenoxy) is 1. The van der Waals surface area contributed by atoms with Gasteiger partial charge in [-0.2, -0.15) is 0 Å². The maximum atomic E-state index is 14.0. The maximum absolute atomic E-state index is 14.0. The van der Waals surface area contributed by atoms with Crippen LogP contribution in [0.15, 0.2) is 18.2 Å². The summed E-state index contributed by atoms with van der Waals surface area (Å²) in [6.45, 7) is 2.89. The highest BCUT2D eigenvalue weighted by Crippen LogP contribution is 2.43. The highest BCUT2D eigenvalue weighted by molar-refractivity contribution is 5.29. The van der Waals surface area contributed by atoms with Crippen LogP contribution < -0.4 is 10.5 Å². The number of nitrogens with two attached hydrogens (primary N) is 1. The van der Waals surface area contributed by atoms with Gasteiger partial charge < -0.3 is 10.5 Å². The first-order valence-electron chi connectivity index (χ1n) is 6.61. The van der Waals surface area contributed by atoms with E-state index in [1.807, 2.05) is 12.1 Å². The van der Waals surface area contributed by atoms with Crippen molar-refractivity contribution in [2.24, 2.45) is 17.1 Å². The number of rotatable bonds is 4. The number of methoxy groups -OCH3 is 1. The second-order valence-electron chi connectivity index (χ2n) is 5.69. The first kappa shape index (κ1) is 13.3. The summed E-state index contributed by atoms with van der Waals surface area (Å²) in [6, 6.07) is 5.10. The molecule has 100 valence electrons. The molecule has 1 aliphatic rings. The van der Waals surface area contributed by atoms with Gasteiger partial charge in [0, 0.05) is 6.07 Å². The Morgan fingerprint density at radius 3 is 2.78 bits per heavy atom. The van der Waals surface area contributed by atoms with E-state index >= 15 is 0 Å². The van der Waals surface area contributed by atoms with E-state index in [9.17, 15) is 4.39 Å². The Morgan fingerprint density at radius 1 is 1.50 bits per heavy atom. The van der Waals surface area contributed by atoms with Crippen LogP contribution in [0.1, 0.15) is 31.7 Å². The Morgan fingerprint density at radius 2 is 2.28 bits per heavy atom. The minimum Gasteiger partial charge on any atom is -0.497 e. The van der Waals surface area contributed by atoms with Gasteiger partial charge in [0.15, 0.2) is 0 Å². The van der Waals surface area contributed by atoms with E-state index in [-0.39, 0.29) is 11.2 Å². The van der Waals surface area contributed by atoms with E-state index in [2.05, 4.69) is 6.92 Å². The molecule has 1 saturated carbocycles. The molecule has 18 heavy (non-hydrogen) atoms. The van der Waals surface area contributed by atoms with Crippen LogP contribution in [0.25, 0.3) is 0 Å². The standard InChI is InChI=1S/C15H22FNO/c1-11-5-6-15(8-11,10-17)9-12-3-4-13(18-2)7-14(12)16/h3-4,7,11H,5-6,8-10,17H2,1-2H3. The lowest BCUT2D eigenvalue weighted by Gasteiger charge is -2.28. The van der Waals surface area contributed by atoms with Crippen molar-refractivity contribution in [3.8, 4) is 5.75 Å². The molecule has 2 nitrogen and oxygen atoms in total. The van der Waals surface area contributed by atoms with Crippen LogP contribution in [0.3, 0.4) is 0 Å². The molecule has 0 aromatic heterocycles. The van der Waals surface area contributed by atoms with Gasteiger partial charge in [-0.25, -0.2) is 4.39 Å². The summed E-state index contributed by atoms with van der Waals surface area (Å²) in [4.78, 5) is 0. The van der Waals surface area contributed by atoms with Crippen molar-refractivity contribution in [3.63, 3.8) is 0 Å². The molecule has 0 aliphatic heterocycles. The zero-order chi connectivity index (χ0) is 13.2. The fourth-order valence-electron chi connectivity index (χ4n) is 3.12. The van der Waals surface area contributed by atoms with Gasteiger partial charge in [-0.15, -0.1) is 0 Å². The molecule has 3 heteroatoms. The van der Waals surface area contributed by atoms with Crippen molar-refractivity contribution in [3.05, 3.63) is 29.6 Å². The van der Waals surface area contributed by atoms with Crippen molar-refractivity contribution < 1.29 is 9.13 Å². The summed E-state index contributed by atoms with van der Waals surface area (Å²) in [5.74, 6) is 1.09. The smallest absolute Gasteiger partial charge is 0.130 e. The monoisotopic (exact) mass is 251 g/mol. The quantitative estimate of drug-likeness (QED) is 0.892. The van der Waals surface area contributed by atoms with Crippen LogP contribution >= 0.6 is 0 Å². The van der Waals surface area contributed by atoms with Gasteiger partial charge in [0.05, 0.1) is 7.11 Å². The van der Waals surface area contributed by atoms with Gasteiger partial charge in [0.2, 0.25) is 0 Å². The topological polar surface area (TPSA) is 35.2 Å².